The molecular formula is C17H25NO3Si. The predicted molar refractivity (Wildman–Crippen MR) is 92.6 cm³/mol. The number of nitrogens with zero attached hydrogens (tertiary/aromatic N) is 1. The molecule has 0 aliphatic carbocycles. The molecule has 5 heteroatoms. The third-order valence-corrected chi connectivity index (χ3v) is 8.94. The van der Waals surface area contributed by atoms with Crippen LogP contribution in [0.3, 0.4) is 0 Å². The van der Waals surface area contributed by atoms with Gasteiger partial charge in [-0.3, -0.25) is 0 Å². The van der Waals surface area contributed by atoms with E-state index >= 15 is 0 Å². The molecule has 0 saturated heterocycles. The third-order valence-electron chi connectivity index (χ3n) is 4.61. The molecule has 0 fully saturated rings. The molecule has 1 aromatic carbocycles. The van der Waals surface area contributed by atoms with Crippen molar-refractivity contribution < 1.29 is 14.3 Å². The van der Waals surface area contributed by atoms with E-state index in [9.17, 15) is 9.90 Å². The summed E-state index contributed by atoms with van der Waals surface area (Å²) in [5, 5.41) is 10.5. The van der Waals surface area contributed by atoms with Crippen molar-refractivity contribution in [1.82, 2.24) is 4.57 Å². The average Bonchev–Trinajstić information content (AvgIpc) is 2.71. The lowest BCUT2D eigenvalue weighted by molar-refractivity contribution is 0.196. The normalized spacial score (nSPS) is 12.6. The topological polar surface area (TPSA) is 51.5 Å². The van der Waals surface area contributed by atoms with Crippen LogP contribution in [0, 0.1) is 0 Å². The summed E-state index contributed by atoms with van der Waals surface area (Å²) in [5.74, 6) is 0.743. The van der Waals surface area contributed by atoms with Crippen molar-refractivity contribution in [2.24, 2.45) is 0 Å². The summed E-state index contributed by atoms with van der Waals surface area (Å²) in [5.41, 5.74) is 1.43. The van der Waals surface area contributed by atoms with Gasteiger partial charge in [0.05, 0.1) is 11.2 Å². The summed E-state index contributed by atoms with van der Waals surface area (Å²) in [6, 6.07) is 7.56. The smallest absolute Gasteiger partial charge is 0.416 e. The predicted octanol–water partition coefficient (Wildman–Crippen LogP) is 5.11. The number of para-hydroxylation sites is 1. The standard InChI is InChI=1S/C17H25NO3Si/c1-7-13-15(21-22(5,6)17(2,3)4)12-10-8-9-11-14(12)18(13)16(19)20/h8-11H,7H2,1-6H3,(H,19,20). The van der Waals surface area contributed by atoms with Crippen LogP contribution in [0.25, 0.3) is 10.9 Å². The minimum atomic E-state index is -2.04. The van der Waals surface area contributed by atoms with Crippen LogP contribution < -0.4 is 4.43 Å². The highest BCUT2D eigenvalue weighted by Gasteiger charge is 2.40. The Morgan fingerprint density at radius 1 is 1.27 bits per heavy atom. The Kier molecular flexibility index (Phi) is 4.13. The molecule has 0 bridgehead atoms. The SMILES string of the molecule is CCc1c(O[Si](C)(C)C(C)(C)C)c2ccccc2n1C(=O)O. The summed E-state index contributed by atoms with van der Waals surface area (Å²) >= 11 is 0. The van der Waals surface area contributed by atoms with Gasteiger partial charge < -0.3 is 9.53 Å². The Balaban J connectivity index is 2.71. The number of hydrogen-bond donors (Lipinski definition) is 1. The number of aromatic nitrogens is 1. The highest BCUT2D eigenvalue weighted by molar-refractivity contribution is 6.74. The fourth-order valence-electron chi connectivity index (χ4n) is 2.32. The summed E-state index contributed by atoms with van der Waals surface area (Å²) in [4.78, 5) is 11.7. The van der Waals surface area contributed by atoms with E-state index < -0.39 is 14.4 Å². The number of hydrogen-bond acceptors (Lipinski definition) is 2. The Bertz CT molecular complexity index is 710. The molecule has 0 unspecified atom stereocenters. The van der Waals surface area contributed by atoms with E-state index in [1.54, 1.807) is 0 Å². The molecule has 1 aromatic heterocycles. The van der Waals surface area contributed by atoms with Crippen LogP contribution >= 0.6 is 0 Å². The van der Waals surface area contributed by atoms with Gasteiger partial charge in [-0.05, 0) is 36.7 Å². The van der Waals surface area contributed by atoms with Crippen molar-refractivity contribution in [2.75, 3.05) is 0 Å². The van der Waals surface area contributed by atoms with Crippen molar-refractivity contribution in [2.45, 2.75) is 52.2 Å². The first-order valence-electron chi connectivity index (χ1n) is 7.64. The van der Waals surface area contributed by atoms with Crippen molar-refractivity contribution in [1.29, 1.82) is 0 Å². The second-order valence-corrected chi connectivity index (χ2v) is 11.9. The van der Waals surface area contributed by atoms with Crippen LogP contribution in [0.1, 0.15) is 33.4 Å². The van der Waals surface area contributed by atoms with Crippen molar-refractivity contribution in [3.63, 3.8) is 0 Å². The lowest BCUT2D eigenvalue weighted by atomic mass is 10.2. The fraction of sp³-hybridized carbons (Fsp3) is 0.471. The highest BCUT2D eigenvalue weighted by atomic mass is 28.4. The van der Waals surface area contributed by atoms with E-state index in [4.69, 9.17) is 4.43 Å². The minimum absolute atomic E-state index is 0.0600. The molecule has 0 saturated carbocycles. The molecule has 1 heterocycles. The van der Waals surface area contributed by atoms with Gasteiger partial charge >= 0.3 is 6.09 Å². The van der Waals surface area contributed by atoms with Gasteiger partial charge in [0.1, 0.15) is 5.75 Å². The first-order chi connectivity index (χ1) is 10.1. The van der Waals surface area contributed by atoms with E-state index in [0.717, 1.165) is 16.8 Å². The first kappa shape index (κ1) is 16.6. The molecule has 0 aliphatic rings. The molecule has 4 nitrogen and oxygen atoms in total. The number of fused-ring (bicyclic) bond motifs is 1. The second-order valence-electron chi connectivity index (χ2n) is 7.13. The summed E-state index contributed by atoms with van der Waals surface area (Å²) < 4.78 is 7.85. The van der Waals surface area contributed by atoms with Gasteiger partial charge in [0, 0.05) is 5.39 Å². The molecule has 0 spiro atoms. The Labute approximate surface area is 132 Å². The van der Waals surface area contributed by atoms with Crippen LogP contribution in [0.5, 0.6) is 5.75 Å². The lowest BCUT2D eigenvalue weighted by Crippen LogP contribution is -2.44. The summed E-state index contributed by atoms with van der Waals surface area (Å²) in [6.45, 7) is 12.9. The largest absolute Gasteiger partial charge is 0.542 e. The molecule has 22 heavy (non-hydrogen) atoms. The summed E-state index contributed by atoms with van der Waals surface area (Å²) in [7, 11) is -2.04. The van der Waals surface area contributed by atoms with Crippen molar-refractivity contribution in [3.8, 4) is 5.75 Å². The van der Waals surface area contributed by atoms with E-state index in [0.29, 0.717) is 11.9 Å². The summed E-state index contributed by atoms with van der Waals surface area (Å²) in [6.07, 6.45) is -0.344. The molecule has 1 N–H and O–H groups in total. The van der Waals surface area contributed by atoms with Gasteiger partial charge in [0.25, 0.3) is 8.32 Å². The Morgan fingerprint density at radius 3 is 2.36 bits per heavy atom. The van der Waals surface area contributed by atoms with E-state index in [1.165, 1.54) is 4.57 Å². The van der Waals surface area contributed by atoms with Crippen molar-refractivity contribution >= 4 is 25.3 Å². The van der Waals surface area contributed by atoms with Crippen LogP contribution in [0.15, 0.2) is 24.3 Å². The molecule has 0 aliphatic heterocycles. The minimum Gasteiger partial charge on any atom is -0.542 e. The molecule has 0 amide bonds. The van der Waals surface area contributed by atoms with Crippen LogP contribution in [-0.4, -0.2) is 24.1 Å². The van der Waals surface area contributed by atoms with Gasteiger partial charge in [0.2, 0.25) is 0 Å². The van der Waals surface area contributed by atoms with Gasteiger partial charge in [-0.2, -0.15) is 0 Å². The number of carbonyl (C=O) groups is 1. The monoisotopic (exact) mass is 319 g/mol. The fourth-order valence-corrected chi connectivity index (χ4v) is 3.37. The van der Waals surface area contributed by atoms with Gasteiger partial charge in [-0.15, -0.1) is 0 Å². The first-order valence-corrected chi connectivity index (χ1v) is 10.6. The zero-order valence-electron chi connectivity index (χ0n) is 14.2. The molecule has 120 valence electrons. The molecule has 2 rings (SSSR count). The molecule has 0 atom stereocenters. The van der Waals surface area contributed by atoms with E-state index in [-0.39, 0.29) is 5.04 Å². The zero-order chi connectivity index (χ0) is 16.7. The van der Waals surface area contributed by atoms with Crippen LogP contribution in [0.2, 0.25) is 18.1 Å². The van der Waals surface area contributed by atoms with Crippen molar-refractivity contribution in [3.05, 3.63) is 30.0 Å². The van der Waals surface area contributed by atoms with E-state index in [2.05, 4.69) is 33.9 Å². The van der Waals surface area contributed by atoms with Crippen LogP contribution in [0.4, 0.5) is 4.79 Å². The van der Waals surface area contributed by atoms with Crippen LogP contribution in [-0.2, 0) is 6.42 Å². The third kappa shape index (κ3) is 2.65. The zero-order valence-corrected chi connectivity index (χ0v) is 15.2. The molecule has 0 radical (unpaired) electrons. The molecule has 2 aromatic rings. The quantitative estimate of drug-likeness (QED) is 0.799. The molecular weight excluding hydrogens is 294 g/mol. The van der Waals surface area contributed by atoms with E-state index in [1.807, 2.05) is 31.2 Å². The van der Waals surface area contributed by atoms with Gasteiger partial charge in [-0.1, -0.05) is 39.8 Å². The lowest BCUT2D eigenvalue weighted by Gasteiger charge is -2.36. The van der Waals surface area contributed by atoms with Gasteiger partial charge in [-0.25, -0.2) is 9.36 Å². The second kappa shape index (κ2) is 5.46. The highest BCUT2D eigenvalue weighted by Crippen LogP contribution is 2.41. The number of rotatable bonds is 3. The number of benzene rings is 1. The maximum atomic E-state index is 11.7. The maximum Gasteiger partial charge on any atom is 0.416 e. The number of carboxylic acid groups (broad SMARTS) is 1. The maximum absolute atomic E-state index is 11.7. The van der Waals surface area contributed by atoms with Gasteiger partial charge in [0.15, 0.2) is 0 Å². The Morgan fingerprint density at radius 2 is 1.86 bits per heavy atom. The average molecular weight is 319 g/mol. The Hall–Kier alpha value is -1.75.